The number of halogens is 1. The number of anilines is 1. The van der Waals surface area contributed by atoms with Crippen LogP contribution in [0.4, 0.5) is 10.1 Å². The molecule has 3 aromatic rings. The van der Waals surface area contributed by atoms with E-state index in [-0.39, 0.29) is 11.6 Å². The Kier molecular flexibility index (Phi) is 5.22. The molecule has 6 nitrogen and oxygen atoms in total. The average molecular weight is 371 g/mol. The minimum atomic E-state index is -0.535. The predicted octanol–water partition coefficient (Wildman–Crippen LogP) is 3.23. The third-order valence-electron chi connectivity index (χ3n) is 3.76. The highest BCUT2D eigenvalue weighted by molar-refractivity contribution is 8.00. The molecule has 1 aromatic heterocycles. The zero-order valence-electron chi connectivity index (χ0n) is 14.3. The lowest BCUT2D eigenvalue weighted by Crippen LogP contribution is -2.24. The van der Waals surface area contributed by atoms with Gasteiger partial charge in [0, 0.05) is 5.56 Å². The van der Waals surface area contributed by atoms with Gasteiger partial charge in [-0.2, -0.15) is 0 Å². The van der Waals surface area contributed by atoms with E-state index in [0.29, 0.717) is 11.0 Å². The van der Waals surface area contributed by atoms with Crippen molar-refractivity contribution in [2.75, 3.05) is 11.2 Å². The van der Waals surface area contributed by atoms with Crippen LogP contribution in [0.5, 0.6) is 0 Å². The number of thioether (sulfide) groups is 1. The first-order valence-corrected chi connectivity index (χ1v) is 8.83. The maximum atomic E-state index is 13.7. The van der Waals surface area contributed by atoms with Crippen molar-refractivity contribution in [1.82, 2.24) is 14.9 Å². The number of aromatic nitrogens is 3. The molecular formula is C18H18FN5OS. The molecule has 0 bridgehead atoms. The highest BCUT2D eigenvalue weighted by atomic mass is 32.2. The molecule has 0 aliphatic heterocycles. The first kappa shape index (κ1) is 17.9. The van der Waals surface area contributed by atoms with Crippen LogP contribution in [-0.2, 0) is 4.79 Å². The Hall–Kier alpha value is -2.87. The molecule has 0 radical (unpaired) electrons. The number of benzene rings is 2. The molecule has 0 aliphatic carbocycles. The lowest BCUT2D eigenvalue weighted by Gasteiger charge is -2.12. The number of nitrogen functional groups attached to an aromatic ring is 1. The number of nitrogens with one attached hydrogen (secondary N) is 1. The first-order valence-electron chi connectivity index (χ1n) is 7.95. The van der Waals surface area contributed by atoms with Gasteiger partial charge in [0.1, 0.15) is 5.82 Å². The number of aryl methyl sites for hydroxylation is 1. The topological polar surface area (TPSA) is 85.8 Å². The third-order valence-corrected chi connectivity index (χ3v) is 4.81. The Labute approximate surface area is 154 Å². The monoisotopic (exact) mass is 371 g/mol. The van der Waals surface area contributed by atoms with Crippen molar-refractivity contribution in [3.05, 3.63) is 59.9 Å². The minimum absolute atomic E-state index is 0.138. The molecule has 0 aliphatic rings. The van der Waals surface area contributed by atoms with Crippen LogP contribution in [0.25, 0.3) is 11.4 Å². The number of amides is 1. The number of carbonyl (C=O) groups is 1. The fourth-order valence-electron chi connectivity index (χ4n) is 2.27. The van der Waals surface area contributed by atoms with Gasteiger partial charge in [0.25, 0.3) is 0 Å². The second kappa shape index (κ2) is 7.57. The molecule has 1 heterocycles. The summed E-state index contributed by atoms with van der Waals surface area (Å²) in [6.45, 7) is 3.69. The molecule has 3 rings (SSSR count). The van der Waals surface area contributed by atoms with E-state index in [1.807, 2.05) is 31.2 Å². The summed E-state index contributed by atoms with van der Waals surface area (Å²) >= 11 is 1.15. The van der Waals surface area contributed by atoms with Gasteiger partial charge in [-0.15, -0.1) is 10.2 Å². The number of nitrogens with two attached hydrogens (primary N) is 1. The number of hydrogen-bond donors (Lipinski definition) is 2. The van der Waals surface area contributed by atoms with Crippen LogP contribution in [-0.4, -0.2) is 26.0 Å². The van der Waals surface area contributed by atoms with E-state index >= 15 is 0 Å². The van der Waals surface area contributed by atoms with E-state index in [9.17, 15) is 9.18 Å². The van der Waals surface area contributed by atoms with Crippen LogP contribution in [0.15, 0.2) is 53.7 Å². The smallest absolute Gasteiger partial charge is 0.237 e. The van der Waals surface area contributed by atoms with Crippen LogP contribution >= 0.6 is 11.8 Å². The highest BCUT2D eigenvalue weighted by Gasteiger charge is 2.20. The van der Waals surface area contributed by atoms with E-state index in [4.69, 9.17) is 5.84 Å². The SMILES string of the molecule is Cc1ccc(-c2nnc(SC(C)C(=O)Nc3ccccc3F)n2N)cc1. The third kappa shape index (κ3) is 3.85. The van der Waals surface area contributed by atoms with Crippen molar-refractivity contribution in [1.29, 1.82) is 0 Å². The summed E-state index contributed by atoms with van der Waals surface area (Å²) in [5.74, 6) is 5.75. The quantitative estimate of drug-likeness (QED) is 0.531. The summed E-state index contributed by atoms with van der Waals surface area (Å²) in [5.41, 5.74) is 2.10. The molecule has 0 spiro atoms. The summed E-state index contributed by atoms with van der Waals surface area (Å²) in [6, 6.07) is 13.7. The van der Waals surface area contributed by atoms with Crippen molar-refractivity contribution in [2.24, 2.45) is 0 Å². The highest BCUT2D eigenvalue weighted by Crippen LogP contribution is 2.26. The number of hydrogen-bond acceptors (Lipinski definition) is 5. The number of nitrogens with zero attached hydrogens (tertiary/aromatic N) is 3. The largest absolute Gasteiger partial charge is 0.335 e. The Morgan fingerprint density at radius 2 is 1.88 bits per heavy atom. The molecule has 0 fully saturated rings. The Bertz CT molecular complexity index is 926. The molecule has 0 saturated carbocycles. The molecule has 8 heteroatoms. The standard InChI is InChI=1S/C18H18FN5OS/c1-11-7-9-13(10-8-11)16-22-23-18(24(16)20)26-12(2)17(25)21-15-6-4-3-5-14(15)19/h3-10,12H,20H2,1-2H3,(H,21,25). The number of rotatable bonds is 5. The van der Waals surface area contributed by atoms with Crippen molar-refractivity contribution in [2.45, 2.75) is 24.3 Å². The van der Waals surface area contributed by atoms with Gasteiger partial charge in [-0.05, 0) is 26.0 Å². The summed E-state index contributed by atoms with van der Waals surface area (Å²) in [6.07, 6.45) is 0. The number of carbonyl (C=O) groups excluding carboxylic acids is 1. The molecule has 0 saturated heterocycles. The van der Waals surface area contributed by atoms with Crippen LogP contribution in [0.1, 0.15) is 12.5 Å². The van der Waals surface area contributed by atoms with E-state index < -0.39 is 11.1 Å². The molecular weight excluding hydrogens is 353 g/mol. The van der Waals surface area contributed by atoms with Gasteiger partial charge in [0.05, 0.1) is 10.9 Å². The lowest BCUT2D eigenvalue weighted by atomic mass is 10.1. The van der Waals surface area contributed by atoms with Crippen LogP contribution < -0.4 is 11.2 Å². The van der Waals surface area contributed by atoms with Crippen molar-refractivity contribution in [3.8, 4) is 11.4 Å². The van der Waals surface area contributed by atoms with Gasteiger partial charge in [0.15, 0.2) is 5.82 Å². The van der Waals surface area contributed by atoms with Crippen molar-refractivity contribution in [3.63, 3.8) is 0 Å². The van der Waals surface area contributed by atoms with Gasteiger partial charge in [-0.1, -0.05) is 53.7 Å². The Morgan fingerprint density at radius 1 is 1.19 bits per heavy atom. The van der Waals surface area contributed by atoms with Gasteiger partial charge in [-0.25, -0.2) is 9.07 Å². The van der Waals surface area contributed by atoms with Gasteiger partial charge >= 0.3 is 0 Å². The second-order valence-electron chi connectivity index (χ2n) is 5.77. The van der Waals surface area contributed by atoms with Crippen LogP contribution in [0.3, 0.4) is 0 Å². The van der Waals surface area contributed by atoms with E-state index in [1.165, 1.54) is 16.8 Å². The maximum Gasteiger partial charge on any atom is 0.237 e. The molecule has 3 N–H and O–H groups in total. The Balaban J connectivity index is 1.71. The second-order valence-corrected chi connectivity index (χ2v) is 7.08. The maximum absolute atomic E-state index is 13.7. The van der Waals surface area contributed by atoms with Gasteiger partial charge in [0.2, 0.25) is 11.1 Å². The van der Waals surface area contributed by atoms with Gasteiger partial charge < -0.3 is 11.2 Å². The van der Waals surface area contributed by atoms with E-state index in [2.05, 4.69) is 15.5 Å². The zero-order valence-corrected chi connectivity index (χ0v) is 15.1. The van der Waals surface area contributed by atoms with Crippen molar-refractivity contribution >= 4 is 23.4 Å². The van der Waals surface area contributed by atoms with Crippen LogP contribution in [0.2, 0.25) is 0 Å². The molecule has 1 unspecified atom stereocenters. The summed E-state index contributed by atoms with van der Waals surface area (Å²) in [4.78, 5) is 12.3. The zero-order chi connectivity index (χ0) is 18.7. The fourth-order valence-corrected chi connectivity index (χ4v) is 3.04. The molecule has 26 heavy (non-hydrogen) atoms. The van der Waals surface area contributed by atoms with Gasteiger partial charge in [-0.3, -0.25) is 4.79 Å². The molecule has 2 aromatic carbocycles. The minimum Gasteiger partial charge on any atom is -0.335 e. The predicted molar refractivity (Wildman–Crippen MR) is 101 cm³/mol. The average Bonchev–Trinajstić information content (AvgIpc) is 2.98. The first-order chi connectivity index (χ1) is 12.5. The summed E-state index contributed by atoms with van der Waals surface area (Å²) in [5, 5.41) is 10.6. The van der Waals surface area contributed by atoms with Crippen molar-refractivity contribution < 1.29 is 9.18 Å². The van der Waals surface area contributed by atoms with E-state index in [0.717, 1.165) is 22.9 Å². The molecule has 134 valence electrons. The van der Waals surface area contributed by atoms with E-state index in [1.54, 1.807) is 19.1 Å². The number of para-hydroxylation sites is 1. The normalized spacial score (nSPS) is 12.0. The summed E-state index contributed by atoms with van der Waals surface area (Å²) < 4.78 is 15.0. The molecule has 1 amide bonds. The van der Waals surface area contributed by atoms with Crippen LogP contribution in [0, 0.1) is 12.7 Å². The molecule has 1 atom stereocenters. The summed E-state index contributed by atoms with van der Waals surface area (Å²) in [7, 11) is 0. The fraction of sp³-hybridized carbons (Fsp3) is 0.167. The lowest BCUT2D eigenvalue weighted by molar-refractivity contribution is -0.115. The Morgan fingerprint density at radius 3 is 2.58 bits per heavy atom.